The zero-order valence-electron chi connectivity index (χ0n) is 16.2. The van der Waals surface area contributed by atoms with E-state index >= 15 is 0 Å². The minimum atomic E-state index is -0.692. The fourth-order valence-corrected chi connectivity index (χ4v) is 3.36. The molecule has 7 heteroatoms. The third-order valence-corrected chi connectivity index (χ3v) is 4.81. The number of allylic oxidation sites excluding steroid dienone is 1. The SMILES string of the molecule is CCOc1ccc(N2C(=O)/C(=C/c3c(F)cccc3Cl)C(C(=O)OC)=C2C)cc1. The number of hydrogen-bond donors (Lipinski definition) is 0. The van der Waals surface area contributed by atoms with Crippen LogP contribution in [0.3, 0.4) is 0 Å². The Labute approximate surface area is 173 Å². The maximum atomic E-state index is 14.3. The lowest BCUT2D eigenvalue weighted by atomic mass is 10.0. The number of halogens is 2. The summed E-state index contributed by atoms with van der Waals surface area (Å²) in [6.45, 7) is 4.02. The highest BCUT2D eigenvalue weighted by atomic mass is 35.5. The molecule has 29 heavy (non-hydrogen) atoms. The predicted molar refractivity (Wildman–Crippen MR) is 109 cm³/mol. The van der Waals surface area contributed by atoms with E-state index in [4.69, 9.17) is 21.1 Å². The maximum Gasteiger partial charge on any atom is 0.340 e. The van der Waals surface area contributed by atoms with Gasteiger partial charge in [-0.25, -0.2) is 9.18 Å². The summed E-state index contributed by atoms with van der Waals surface area (Å²) in [4.78, 5) is 27.0. The van der Waals surface area contributed by atoms with E-state index in [1.807, 2.05) is 6.92 Å². The molecule has 0 N–H and O–H groups in total. The van der Waals surface area contributed by atoms with Crippen molar-refractivity contribution in [1.29, 1.82) is 0 Å². The van der Waals surface area contributed by atoms with Crippen LogP contribution in [0.2, 0.25) is 5.02 Å². The number of hydrogen-bond acceptors (Lipinski definition) is 4. The van der Waals surface area contributed by atoms with Crippen LogP contribution in [-0.4, -0.2) is 25.6 Å². The standard InChI is InChI=1S/C22H19ClFNO4/c1-4-29-15-10-8-14(9-11-15)25-13(2)20(22(27)28-3)17(21(25)26)12-16-18(23)6-5-7-19(16)24/h5-12H,4H2,1-3H3/b17-12+. The Morgan fingerprint density at radius 3 is 2.48 bits per heavy atom. The van der Waals surface area contributed by atoms with E-state index in [0.29, 0.717) is 23.7 Å². The summed E-state index contributed by atoms with van der Waals surface area (Å²) in [5.41, 5.74) is 1.02. The molecule has 2 aromatic carbocycles. The monoisotopic (exact) mass is 415 g/mol. The Kier molecular flexibility index (Phi) is 6.03. The van der Waals surface area contributed by atoms with Gasteiger partial charge in [-0.15, -0.1) is 0 Å². The van der Waals surface area contributed by atoms with Gasteiger partial charge in [-0.3, -0.25) is 9.69 Å². The van der Waals surface area contributed by atoms with Crippen LogP contribution in [0.5, 0.6) is 5.75 Å². The summed E-state index contributed by atoms with van der Waals surface area (Å²) < 4.78 is 24.6. The lowest BCUT2D eigenvalue weighted by molar-refractivity contribution is -0.136. The van der Waals surface area contributed by atoms with Crippen molar-refractivity contribution >= 4 is 35.2 Å². The largest absolute Gasteiger partial charge is 0.494 e. The molecule has 0 atom stereocenters. The van der Waals surface area contributed by atoms with Crippen LogP contribution in [-0.2, 0) is 14.3 Å². The molecule has 0 spiro atoms. The van der Waals surface area contributed by atoms with E-state index in [-0.39, 0.29) is 21.7 Å². The molecule has 150 valence electrons. The molecule has 2 aromatic rings. The van der Waals surface area contributed by atoms with Crippen molar-refractivity contribution in [3.8, 4) is 5.75 Å². The van der Waals surface area contributed by atoms with Crippen molar-refractivity contribution in [1.82, 2.24) is 0 Å². The van der Waals surface area contributed by atoms with Crippen molar-refractivity contribution in [3.63, 3.8) is 0 Å². The third kappa shape index (κ3) is 3.89. The highest BCUT2D eigenvalue weighted by Gasteiger charge is 2.38. The molecule has 0 saturated carbocycles. The molecule has 1 amide bonds. The Balaban J connectivity index is 2.12. The number of nitrogens with zero attached hydrogens (tertiary/aromatic N) is 1. The minimum Gasteiger partial charge on any atom is -0.494 e. The van der Waals surface area contributed by atoms with E-state index in [0.717, 1.165) is 0 Å². The maximum absolute atomic E-state index is 14.3. The smallest absolute Gasteiger partial charge is 0.340 e. The van der Waals surface area contributed by atoms with Gasteiger partial charge in [0.1, 0.15) is 11.6 Å². The molecule has 5 nitrogen and oxygen atoms in total. The fourth-order valence-electron chi connectivity index (χ4n) is 3.14. The van der Waals surface area contributed by atoms with Crippen LogP contribution < -0.4 is 9.64 Å². The average molecular weight is 416 g/mol. The molecule has 0 aliphatic carbocycles. The average Bonchev–Trinajstić information content (AvgIpc) is 2.95. The number of rotatable bonds is 5. The van der Waals surface area contributed by atoms with Gasteiger partial charge >= 0.3 is 5.97 Å². The van der Waals surface area contributed by atoms with Gasteiger partial charge in [0.2, 0.25) is 0 Å². The second-order valence-electron chi connectivity index (χ2n) is 6.21. The lowest BCUT2D eigenvalue weighted by Gasteiger charge is -2.18. The van der Waals surface area contributed by atoms with Crippen LogP contribution >= 0.6 is 11.6 Å². The molecule has 0 saturated heterocycles. The molecule has 0 fully saturated rings. The third-order valence-electron chi connectivity index (χ3n) is 4.48. The van der Waals surface area contributed by atoms with Gasteiger partial charge in [-0.2, -0.15) is 0 Å². The van der Waals surface area contributed by atoms with E-state index < -0.39 is 17.7 Å². The zero-order valence-corrected chi connectivity index (χ0v) is 16.9. The van der Waals surface area contributed by atoms with Crippen LogP contribution in [0, 0.1) is 5.82 Å². The van der Waals surface area contributed by atoms with Crippen molar-refractivity contribution in [3.05, 3.63) is 75.7 Å². The second-order valence-corrected chi connectivity index (χ2v) is 6.62. The van der Waals surface area contributed by atoms with Crippen molar-refractivity contribution in [2.45, 2.75) is 13.8 Å². The molecule has 1 aliphatic heterocycles. The summed E-state index contributed by atoms with van der Waals surface area (Å²) in [7, 11) is 1.22. The highest BCUT2D eigenvalue weighted by molar-refractivity contribution is 6.32. The number of esters is 1. The van der Waals surface area contributed by atoms with Gasteiger partial charge in [0.15, 0.2) is 0 Å². The number of carbonyl (C=O) groups excluding carboxylic acids is 2. The van der Waals surface area contributed by atoms with Crippen LogP contribution in [0.25, 0.3) is 6.08 Å². The molecule has 0 aromatic heterocycles. The van der Waals surface area contributed by atoms with Crippen LogP contribution in [0.4, 0.5) is 10.1 Å². The van der Waals surface area contributed by atoms with Gasteiger partial charge in [0, 0.05) is 16.9 Å². The summed E-state index contributed by atoms with van der Waals surface area (Å²) in [6.07, 6.45) is 1.28. The van der Waals surface area contributed by atoms with E-state index in [9.17, 15) is 14.0 Å². The first-order valence-electron chi connectivity index (χ1n) is 8.91. The van der Waals surface area contributed by atoms with E-state index in [1.165, 1.54) is 36.3 Å². The summed E-state index contributed by atoms with van der Waals surface area (Å²) in [6, 6.07) is 11.1. The summed E-state index contributed by atoms with van der Waals surface area (Å²) in [5.74, 6) is -1.11. The molecule has 0 unspecified atom stereocenters. The predicted octanol–water partition coefficient (Wildman–Crippen LogP) is 4.76. The first-order valence-corrected chi connectivity index (χ1v) is 9.29. The molecule has 1 aliphatic rings. The fraction of sp³-hybridized carbons (Fsp3) is 0.182. The molecule has 0 radical (unpaired) electrons. The molecule has 1 heterocycles. The van der Waals surface area contributed by atoms with Crippen molar-refractivity contribution in [2.75, 3.05) is 18.6 Å². The first-order chi connectivity index (χ1) is 13.9. The Hall–Kier alpha value is -3.12. The van der Waals surface area contributed by atoms with Gasteiger partial charge in [-0.05, 0) is 56.3 Å². The minimum absolute atomic E-state index is 0.00948. The quantitative estimate of drug-likeness (QED) is 0.522. The van der Waals surface area contributed by atoms with Crippen LogP contribution in [0.15, 0.2) is 59.3 Å². The molecular formula is C22H19ClFNO4. The molecule has 3 rings (SSSR count). The van der Waals surface area contributed by atoms with Gasteiger partial charge in [0.25, 0.3) is 5.91 Å². The van der Waals surface area contributed by atoms with Crippen molar-refractivity contribution in [2.24, 2.45) is 0 Å². The highest BCUT2D eigenvalue weighted by Crippen LogP contribution is 2.37. The molecular weight excluding hydrogens is 397 g/mol. The number of ether oxygens (including phenoxy) is 2. The Morgan fingerprint density at radius 1 is 1.21 bits per heavy atom. The number of carbonyl (C=O) groups is 2. The Bertz CT molecular complexity index is 1010. The lowest BCUT2D eigenvalue weighted by Crippen LogP contribution is -2.24. The zero-order chi connectivity index (χ0) is 21.1. The van der Waals surface area contributed by atoms with Crippen molar-refractivity contribution < 1.29 is 23.5 Å². The van der Waals surface area contributed by atoms with E-state index in [2.05, 4.69) is 0 Å². The summed E-state index contributed by atoms with van der Waals surface area (Å²) in [5, 5.41) is 0.131. The topological polar surface area (TPSA) is 55.8 Å². The van der Waals surface area contributed by atoms with E-state index in [1.54, 1.807) is 31.2 Å². The number of benzene rings is 2. The second kappa shape index (κ2) is 8.49. The van der Waals surface area contributed by atoms with Gasteiger partial charge in [0.05, 0.1) is 29.9 Å². The summed E-state index contributed by atoms with van der Waals surface area (Å²) >= 11 is 6.10. The van der Waals surface area contributed by atoms with Gasteiger partial charge < -0.3 is 9.47 Å². The number of amides is 1. The Morgan fingerprint density at radius 2 is 1.90 bits per heavy atom. The normalized spacial score (nSPS) is 15.3. The first kappa shape index (κ1) is 20.6. The van der Waals surface area contributed by atoms with Crippen LogP contribution in [0.1, 0.15) is 19.4 Å². The van der Waals surface area contributed by atoms with Gasteiger partial charge in [-0.1, -0.05) is 17.7 Å². The number of methoxy groups -OCH3 is 1. The number of anilines is 1. The molecule has 0 bridgehead atoms.